The van der Waals surface area contributed by atoms with Crippen molar-refractivity contribution >= 4 is 5.91 Å². The summed E-state index contributed by atoms with van der Waals surface area (Å²) in [7, 11) is 0. The summed E-state index contributed by atoms with van der Waals surface area (Å²) in [6, 6.07) is 5.59. The third kappa shape index (κ3) is 4.32. The highest BCUT2D eigenvalue weighted by molar-refractivity contribution is 5.96. The van der Waals surface area contributed by atoms with Crippen LogP contribution in [0.2, 0.25) is 0 Å². The molecule has 1 fully saturated rings. The topological polar surface area (TPSA) is 64.4 Å². The number of carbonyl (C=O) groups is 1. The van der Waals surface area contributed by atoms with Crippen molar-refractivity contribution in [2.24, 2.45) is 11.7 Å². The molecule has 1 aromatic rings. The van der Waals surface area contributed by atoms with E-state index in [1.165, 1.54) is 0 Å². The maximum atomic E-state index is 12.3. The van der Waals surface area contributed by atoms with Crippen molar-refractivity contribution in [3.8, 4) is 11.8 Å². The Hall–Kier alpha value is -1.83. The van der Waals surface area contributed by atoms with Gasteiger partial charge in [-0.25, -0.2) is 0 Å². The molecule has 0 aromatic heterocycles. The summed E-state index contributed by atoms with van der Waals surface area (Å²) in [4.78, 5) is 12.3. The van der Waals surface area contributed by atoms with Crippen LogP contribution < -0.4 is 11.1 Å². The Bertz CT molecular complexity index is 552. The SMILES string of the molecule is Cc1c(C#CCN)cccc1C(=O)NCC1CCCOC1. The lowest BCUT2D eigenvalue weighted by atomic mass is 10.0. The van der Waals surface area contributed by atoms with Gasteiger partial charge in [-0.3, -0.25) is 4.79 Å². The molecule has 1 aliphatic heterocycles. The van der Waals surface area contributed by atoms with Gasteiger partial charge in [0.1, 0.15) is 0 Å². The lowest BCUT2D eigenvalue weighted by Gasteiger charge is -2.22. The van der Waals surface area contributed by atoms with Gasteiger partial charge >= 0.3 is 0 Å². The van der Waals surface area contributed by atoms with Gasteiger partial charge in [-0.15, -0.1) is 0 Å². The number of amides is 1. The van der Waals surface area contributed by atoms with Crippen molar-refractivity contribution in [3.63, 3.8) is 0 Å². The first-order valence-corrected chi connectivity index (χ1v) is 7.37. The van der Waals surface area contributed by atoms with E-state index < -0.39 is 0 Å². The monoisotopic (exact) mass is 286 g/mol. The lowest BCUT2D eigenvalue weighted by Crippen LogP contribution is -2.33. The molecule has 1 aliphatic rings. The van der Waals surface area contributed by atoms with Crippen LogP contribution in [0.5, 0.6) is 0 Å². The lowest BCUT2D eigenvalue weighted by molar-refractivity contribution is 0.0536. The predicted molar refractivity (Wildman–Crippen MR) is 83.0 cm³/mol. The number of ether oxygens (including phenoxy) is 1. The van der Waals surface area contributed by atoms with Crippen LogP contribution in [-0.2, 0) is 4.74 Å². The Morgan fingerprint density at radius 1 is 1.52 bits per heavy atom. The molecule has 21 heavy (non-hydrogen) atoms. The van der Waals surface area contributed by atoms with E-state index in [9.17, 15) is 4.79 Å². The minimum atomic E-state index is -0.0468. The molecule has 1 aromatic carbocycles. The summed E-state index contributed by atoms with van der Waals surface area (Å²) in [5.41, 5.74) is 7.82. The number of hydrogen-bond acceptors (Lipinski definition) is 3. The number of hydrogen-bond donors (Lipinski definition) is 2. The molecule has 4 heteroatoms. The van der Waals surface area contributed by atoms with E-state index >= 15 is 0 Å². The van der Waals surface area contributed by atoms with E-state index in [2.05, 4.69) is 17.2 Å². The molecule has 1 unspecified atom stereocenters. The molecule has 112 valence electrons. The van der Waals surface area contributed by atoms with Crippen molar-refractivity contribution in [3.05, 3.63) is 34.9 Å². The van der Waals surface area contributed by atoms with Crippen LogP contribution in [0.25, 0.3) is 0 Å². The quantitative estimate of drug-likeness (QED) is 0.827. The molecule has 3 N–H and O–H groups in total. The first kappa shape index (κ1) is 15.6. The third-order valence-electron chi connectivity index (χ3n) is 3.71. The second-order valence-corrected chi connectivity index (χ2v) is 5.28. The number of nitrogens with one attached hydrogen (secondary N) is 1. The van der Waals surface area contributed by atoms with E-state index in [1.807, 2.05) is 25.1 Å². The fourth-order valence-electron chi connectivity index (χ4n) is 2.46. The molecule has 1 heterocycles. The van der Waals surface area contributed by atoms with E-state index in [4.69, 9.17) is 10.5 Å². The maximum absolute atomic E-state index is 12.3. The number of rotatable bonds is 3. The van der Waals surface area contributed by atoms with Crippen LogP contribution in [0.15, 0.2) is 18.2 Å². The summed E-state index contributed by atoms with van der Waals surface area (Å²) in [6.07, 6.45) is 2.19. The van der Waals surface area contributed by atoms with Crippen LogP contribution >= 0.6 is 0 Å². The Morgan fingerprint density at radius 2 is 2.38 bits per heavy atom. The molecule has 0 saturated carbocycles. The van der Waals surface area contributed by atoms with Gasteiger partial charge in [0.15, 0.2) is 0 Å². The molecule has 0 bridgehead atoms. The van der Waals surface area contributed by atoms with E-state index in [0.717, 1.165) is 37.2 Å². The fraction of sp³-hybridized carbons (Fsp3) is 0.471. The van der Waals surface area contributed by atoms with Gasteiger partial charge < -0.3 is 15.8 Å². The zero-order chi connectivity index (χ0) is 15.1. The Balaban J connectivity index is 2.01. The minimum absolute atomic E-state index is 0.0468. The fourth-order valence-corrected chi connectivity index (χ4v) is 2.46. The van der Waals surface area contributed by atoms with Crippen molar-refractivity contribution in [2.75, 3.05) is 26.3 Å². The Labute approximate surface area is 126 Å². The van der Waals surface area contributed by atoms with Crippen LogP contribution in [0.4, 0.5) is 0 Å². The van der Waals surface area contributed by atoms with Gasteiger partial charge in [-0.2, -0.15) is 0 Å². The standard InChI is InChI=1S/C17H22N2O2/c1-13-15(7-3-9-18)6-2-8-16(13)17(20)19-11-14-5-4-10-21-12-14/h2,6,8,14H,4-5,9-12,18H2,1H3,(H,19,20). The highest BCUT2D eigenvalue weighted by Crippen LogP contribution is 2.15. The van der Waals surface area contributed by atoms with Gasteiger partial charge in [0, 0.05) is 24.3 Å². The van der Waals surface area contributed by atoms with Crippen molar-refractivity contribution in [1.82, 2.24) is 5.32 Å². The predicted octanol–water partition coefficient (Wildman–Crippen LogP) is 1.46. The van der Waals surface area contributed by atoms with Crippen molar-refractivity contribution in [1.29, 1.82) is 0 Å². The minimum Gasteiger partial charge on any atom is -0.381 e. The van der Waals surface area contributed by atoms with Gasteiger partial charge in [0.25, 0.3) is 5.91 Å². The van der Waals surface area contributed by atoms with E-state index in [0.29, 0.717) is 24.6 Å². The van der Waals surface area contributed by atoms with Crippen LogP contribution in [0.3, 0.4) is 0 Å². The molecule has 1 amide bonds. The van der Waals surface area contributed by atoms with Gasteiger partial charge in [-0.05, 0) is 43.4 Å². The summed E-state index contributed by atoms with van der Waals surface area (Å²) in [5.74, 6) is 6.20. The summed E-state index contributed by atoms with van der Waals surface area (Å²) >= 11 is 0. The first-order chi connectivity index (χ1) is 10.2. The second kappa shape index (κ2) is 7.82. The molecule has 1 saturated heterocycles. The highest BCUT2D eigenvalue weighted by Gasteiger charge is 2.16. The second-order valence-electron chi connectivity index (χ2n) is 5.28. The van der Waals surface area contributed by atoms with E-state index in [-0.39, 0.29) is 5.91 Å². The number of nitrogens with two attached hydrogens (primary N) is 1. The van der Waals surface area contributed by atoms with E-state index in [1.54, 1.807) is 0 Å². The van der Waals surface area contributed by atoms with Crippen LogP contribution in [0, 0.1) is 24.7 Å². The smallest absolute Gasteiger partial charge is 0.251 e. The number of benzene rings is 1. The Kier molecular flexibility index (Phi) is 5.79. The summed E-state index contributed by atoms with van der Waals surface area (Å²) < 4.78 is 5.43. The molecule has 4 nitrogen and oxygen atoms in total. The van der Waals surface area contributed by atoms with Gasteiger partial charge in [0.2, 0.25) is 0 Å². The van der Waals surface area contributed by atoms with Gasteiger partial charge in [0.05, 0.1) is 13.2 Å². The number of carbonyl (C=O) groups excluding carboxylic acids is 1. The average molecular weight is 286 g/mol. The van der Waals surface area contributed by atoms with Crippen LogP contribution in [-0.4, -0.2) is 32.2 Å². The molecule has 0 aliphatic carbocycles. The van der Waals surface area contributed by atoms with Gasteiger partial charge in [-0.1, -0.05) is 17.9 Å². The first-order valence-electron chi connectivity index (χ1n) is 7.37. The molecule has 2 rings (SSSR count). The third-order valence-corrected chi connectivity index (χ3v) is 3.71. The Morgan fingerprint density at radius 3 is 3.10 bits per heavy atom. The average Bonchev–Trinajstić information content (AvgIpc) is 2.52. The summed E-state index contributed by atoms with van der Waals surface area (Å²) in [5, 5.41) is 3.00. The molecule has 0 radical (unpaired) electrons. The summed E-state index contributed by atoms with van der Waals surface area (Å²) in [6.45, 7) is 4.47. The maximum Gasteiger partial charge on any atom is 0.251 e. The largest absolute Gasteiger partial charge is 0.381 e. The molecular weight excluding hydrogens is 264 g/mol. The highest BCUT2D eigenvalue weighted by atomic mass is 16.5. The van der Waals surface area contributed by atoms with Crippen molar-refractivity contribution in [2.45, 2.75) is 19.8 Å². The van der Waals surface area contributed by atoms with Crippen LogP contribution in [0.1, 0.15) is 34.3 Å². The van der Waals surface area contributed by atoms with Crippen molar-refractivity contribution < 1.29 is 9.53 Å². The zero-order valence-corrected chi connectivity index (χ0v) is 12.4. The molecular formula is C17H22N2O2. The normalized spacial score (nSPS) is 17.7. The molecule has 0 spiro atoms. The zero-order valence-electron chi connectivity index (χ0n) is 12.4. The molecule has 1 atom stereocenters.